The highest BCUT2D eigenvalue weighted by Crippen LogP contribution is 2.41. The van der Waals surface area contributed by atoms with Crippen molar-refractivity contribution in [2.75, 3.05) is 18.5 Å². The van der Waals surface area contributed by atoms with Crippen molar-refractivity contribution in [2.24, 2.45) is 11.1 Å². The maximum atomic E-state index is 14.2. The summed E-state index contributed by atoms with van der Waals surface area (Å²) in [5.41, 5.74) is 3.81. The Hall–Kier alpha value is -3.21. The highest BCUT2D eigenvalue weighted by molar-refractivity contribution is 5.88. The topological polar surface area (TPSA) is 215 Å². The number of rotatable bonds is 8. The van der Waals surface area contributed by atoms with Gasteiger partial charge in [-0.15, -0.1) is 0 Å². The van der Waals surface area contributed by atoms with Gasteiger partial charge in [-0.1, -0.05) is 20.8 Å². The predicted molar refractivity (Wildman–Crippen MR) is 112 cm³/mol. The lowest BCUT2D eigenvalue weighted by atomic mass is 9.87. The van der Waals surface area contributed by atoms with Crippen LogP contribution >= 0.6 is 0 Å². The monoisotopic (exact) mass is 507 g/mol. The highest BCUT2D eigenvalue weighted by atomic mass is 19.3. The summed E-state index contributed by atoms with van der Waals surface area (Å²) in [5.74, 6) is -6.63. The Morgan fingerprint density at radius 3 is 2.49 bits per heavy atom. The van der Waals surface area contributed by atoms with E-state index in [1.165, 1.54) is 0 Å². The first-order chi connectivity index (χ1) is 16.1. The van der Waals surface area contributed by atoms with Crippen molar-refractivity contribution in [1.29, 1.82) is 0 Å². The molecule has 0 unspecified atom stereocenters. The Morgan fingerprint density at radius 1 is 1.37 bits per heavy atom. The molecule has 16 heteroatoms. The second kappa shape index (κ2) is 10.6. The Labute approximate surface area is 197 Å². The molecule has 2 rings (SSSR count). The van der Waals surface area contributed by atoms with Gasteiger partial charge < -0.3 is 35.8 Å². The number of carbonyl (C=O) groups excluding carboxylic acids is 2. The molecular weight excluding hydrogens is 480 g/mol. The van der Waals surface area contributed by atoms with Crippen LogP contribution in [0.3, 0.4) is 0 Å². The van der Waals surface area contributed by atoms with Crippen LogP contribution in [0.1, 0.15) is 27.0 Å². The van der Waals surface area contributed by atoms with Crippen LogP contribution in [0, 0.1) is 5.41 Å². The molecule has 0 aliphatic carbocycles. The average Bonchev–Trinajstić information content (AvgIpc) is 2.98. The van der Waals surface area contributed by atoms with Gasteiger partial charge in [0, 0.05) is 6.20 Å². The number of carboxylic acids is 1. The number of ether oxygens (including phenoxy) is 2. The minimum absolute atomic E-state index is 0.365. The van der Waals surface area contributed by atoms with Crippen LogP contribution in [0.2, 0.25) is 0 Å². The molecule has 1 fully saturated rings. The molecule has 1 aliphatic rings. The van der Waals surface area contributed by atoms with Crippen molar-refractivity contribution in [3.05, 3.63) is 22.7 Å². The van der Waals surface area contributed by atoms with Gasteiger partial charge in [-0.25, -0.2) is 14.4 Å². The van der Waals surface area contributed by atoms with E-state index in [1.54, 1.807) is 20.8 Å². The van der Waals surface area contributed by atoms with E-state index in [-0.39, 0.29) is 0 Å². The van der Waals surface area contributed by atoms with Crippen molar-refractivity contribution in [2.45, 2.75) is 57.2 Å². The van der Waals surface area contributed by atoms with Crippen LogP contribution in [0.5, 0.6) is 0 Å². The summed E-state index contributed by atoms with van der Waals surface area (Å²) in [4.78, 5) is 51.1. The number of nitrogens with two attached hydrogens (primary N) is 1. The van der Waals surface area contributed by atoms with Crippen molar-refractivity contribution in [3.63, 3.8) is 0 Å². The number of nitrogens with zero attached hydrogens (tertiary/aromatic N) is 2. The van der Waals surface area contributed by atoms with Crippen LogP contribution in [-0.2, 0) is 19.1 Å². The van der Waals surface area contributed by atoms with Gasteiger partial charge in [0.05, 0.1) is 12.6 Å². The van der Waals surface area contributed by atoms with Gasteiger partial charge in [0.15, 0.2) is 12.1 Å². The number of hydrogen-bond acceptors (Lipinski definition) is 10. The van der Waals surface area contributed by atoms with E-state index < -0.39 is 84.5 Å². The van der Waals surface area contributed by atoms with Gasteiger partial charge in [-0.3, -0.25) is 14.7 Å². The number of aliphatic carboxylic acids is 1. The van der Waals surface area contributed by atoms with E-state index in [0.29, 0.717) is 4.57 Å². The molecule has 196 valence electrons. The number of amides is 2. The molecule has 1 aliphatic heterocycles. The molecule has 2 heterocycles. The SMILES string of the molecule is CC(C)(C)[C@H](N)C(=O)N[C@@H](COC(=O)Nc1ccn([C@@H]2O[C@H](CO)[C@@H](O)C2(F)F)c(=O)n1)C(=O)O. The fourth-order valence-electron chi connectivity index (χ4n) is 2.91. The molecule has 14 nitrogen and oxygen atoms in total. The summed E-state index contributed by atoms with van der Waals surface area (Å²) in [6, 6.07) is -1.73. The first kappa shape index (κ1) is 28.0. The van der Waals surface area contributed by atoms with Crippen molar-refractivity contribution in [1.82, 2.24) is 14.9 Å². The smallest absolute Gasteiger partial charge is 0.412 e. The quantitative estimate of drug-likeness (QED) is 0.241. The molecule has 1 aromatic heterocycles. The number of anilines is 1. The van der Waals surface area contributed by atoms with E-state index >= 15 is 0 Å². The summed E-state index contributed by atoms with van der Waals surface area (Å²) in [6.07, 6.45) is -6.69. The van der Waals surface area contributed by atoms with Gasteiger partial charge in [-0.05, 0) is 11.5 Å². The molecule has 0 saturated carbocycles. The first-order valence-electron chi connectivity index (χ1n) is 10.2. The number of carboxylic acid groups (broad SMARTS) is 1. The van der Waals surface area contributed by atoms with Crippen LogP contribution in [0.4, 0.5) is 19.4 Å². The molecule has 0 aromatic carbocycles. The van der Waals surface area contributed by atoms with Gasteiger partial charge in [0.1, 0.15) is 18.5 Å². The molecule has 5 atom stereocenters. The number of halogens is 2. The van der Waals surface area contributed by atoms with Crippen molar-refractivity contribution in [3.8, 4) is 0 Å². The second-order valence-electron chi connectivity index (χ2n) is 8.80. The van der Waals surface area contributed by atoms with Crippen molar-refractivity contribution < 1.29 is 48.0 Å². The fraction of sp³-hybridized carbons (Fsp3) is 0.632. The number of carbonyl (C=O) groups is 3. The minimum atomic E-state index is -3.92. The third kappa shape index (κ3) is 6.47. The Bertz CT molecular complexity index is 1010. The summed E-state index contributed by atoms with van der Waals surface area (Å²) in [6.45, 7) is 3.30. The number of alkyl halides is 2. The van der Waals surface area contributed by atoms with E-state index in [9.17, 15) is 38.2 Å². The van der Waals surface area contributed by atoms with E-state index in [1.807, 2.05) is 5.32 Å². The Morgan fingerprint density at radius 2 is 2.00 bits per heavy atom. The van der Waals surface area contributed by atoms with E-state index in [4.69, 9.17) is 20.3 Å². The van der Waals surface area contributed by atoms with E-state index in [0.717, 1.165) is 12.3 Å². The van der Waals surface area contributed by atoms with Crippen LogP contribution in [0.25, 0.3) is 0 Å². The average molecular weight is 507 g/mol. The van der Waals surface area contributed by atoms with Crippen LogP contribution < -0.4 is 22.1 Å². The number of aliphatic hydroxyl groups excluding tert-OH is 2. The number of aromatic nitrogens is 2. The largest absolute Gasteiger partial charge is 0.480 e. The highest BCUT2D eigenvalue weighted by Gasteiger charge is 2.59. The maximum absolute atomic E-state index is 14.2. The predicted octanol–water partition coefficient (Wildman–Crippen LogP) is -1.38. The normalized spacial score (nSPS) is 23.3. The summed E-state index contributed by atoms with van der Waals surface area (Å²) in [5, 5.41) is 32.0. The van der Waals surface area contributed by atoms with Gasteiger partial charge in [0.2, 0.25) is 12.1 Å². The minimum Gasteiger partial charge on any atom is -0.480 e. The number of nitrogens with one attached hydrogen (secondary N) is 2. The van der Waals surface area contributed by atoms with E-state index in [2.05, 4.69) is 10.3 Å². The summed E-state index contributed by atoms with van der Waals surface area (Å²) in [7, 11) is 0. The molecular formula is C19H27F2N5O9. The molecule has 1 saturated heterocycles. The molecule has 0 bridgehead atoms. The zero-order valence-electron chi connectivity index (χ0n) is 19.0. The molecule has 35 heavy (non-hydrogen) atoms. The van der Waals surface area contributed by atoms with Crippen LogP contribution in [0.15, 0.2) is 17.1 Å². The lowest BCUT2D eigenvalue weighted by molar-refractivity contribution is -0.143. The number of hydrogen-bond donors (Lipinski definition) is 6. The van der Waals surface area contributed by atoms with Crippen LogP contribution in [-0.4, -0.2) is 86.3 Å². The lowest BCUT2D eigenvalue weighted by Crippen LogP contribution is -2.54. The Kier molecular flexibility index (Phi) is 8.48. The third-order valence-corrected chi connectivity index (χ3v) is 5.08. The van der Waals surface area contributed by atoms with Gasteiger partial charge in [0.25, 0.3) is 0 Å². The molecule has 0 radical (unpaired) electrons. The molecule has 0 spiro atoms. The fourth-order valence-corrected chi connectivity index (χ4v) is 2.91. The third-order valence-electron chi connectivity index (χ3n) is 5.08. The van der Waals surface area contributed by atoms with Crippen molar-refractivity contribution >= 4 is 23.8 Å². The first-order valence-corrected chi connectivity index (χ1v) is 10.2. The lowest BCUT2D eigenvalue weighted by Gasteiger charge is -2.27. The maximum Gasteiger partial charge on any atom is 0.412 e. The molecule has 7 N–H and O–H groups in total. The molecule has 2 amide bonds. The van der Waals surface area contributed by atoms with Gasteiger partial charge in [-0.2, -0.15) is 13.8 Å². The Balaban J connectivity index is 2.02. The summed E-state index contributed by atoms with van der Waals surface area (Å²) < 4.78 is 38.4. The zero-order chi connectivity index (χ0) is 26.7. The second-order valence-corrected chi connectivity index (χ2v) is 8.80. The number of aliphatic hydroxyl groups is 2. The van der Waals surface area contributed by atoms with Gasteiger partial charge >= 0.3 is 23.7 Å². The zero-order valence-corrected chi connectivity index (χ0v) is 19.0. The molecule has 1 aromatic rings. The summed E-state index contributed by atoms with van der Waals surface area (Å²) >= 11 is 0. The standard InChI is InChI=1S/C19H27F2N5O9/c1-18(2,3)11(22)13(29)23-8(14(30)31)7-34-17(33)25-10-4-5-26(16(32)24-10)15-19(20,21)12(28)9(6-27)35-15/h4-5,8-9,11-12,15,27-28H,6-7,22H2,1-3H3,(H,23,29)(H,30,31)(H,24,25,32,33)/t8-,9+,11+,12+,15+/m0/s1.